The van der Waals surface area contributed by atoms with Crippen LogP contribution in [0.25, 0.3) is 0 Å². The van der Waals surface area contributed by atoms with Crippen LogP contribution in [0.5, 0.6) is 5.75 Å². The number of aromatic nitrogens is 4. The zero-order valence-corrected chi connectivity index (χ0v) is 13.9. The molecule has 1 atom stereocenters. The summed E-state index contributed by atoms with van der Waals surface area (Å²) in [5.41, 5.74) is 0. The van der Waals surface area contributed by atoms with Crippen molar-refractivity contribution in [1.82, 2.24) is 24.6 Å². The second-order valence-corrected chi connectivity index (χ2v) is 6.80. The van der Waals surface area contributed by atoms with E-state index < -0.39 is 0 Å². The molecule has 4 rings (SSSR count). The van der Waals surface area contributed by atoms with Crippen LogP contribution in [0.3, 0.4) is 0 Å². The second-order valence-electron chi connectivity index (χ2n) is 6.37. The van der Waals surface area contributed by atoms with Gasteiger partial charge in [0, 0.05) is 31.9 Å². The van der Waals surface area contributed by atoms with Crippen LogP contribution in [0, 0.1) is 5.92 Å². The first kappa shape index (κ1) is 14.9. The maximum atomic E-state index is 5.92. The van der Waals surface area contributed by atoms with Gasteiger partial charge in [-0.25, -0.2) is 0 Å². The van der Waals surface area contributed by atoms with E-state index in [1.54, 1.807) is 18.5 Å². The molecule has 0 aromatic carbocycles. The Bertz CT molecular complexity index is 700. The van der Waals surface area contributed by atoms with E-state index in [2.05, 4.69) is 31.6 Å². The van der Waals surface area contributed by atoms with Gasteiger partial charge in [-0.15, -0.1) is 10.2 Å². The summed E-state index contributed by atoms with van der Waals surface area (Å²) in [4.78, 5) is 6.54. The Kier molecular flexibility index (Phi) is 3.95. The summed E-state index contributed by atoms with van der Waals surface area (Å²) in [7, 11) is 0. The smallest absolute Gasteiger partial charge is 0.171 e. The molecule has 7 heteroatoms. The number of hydrogen-bond donors (Lipinski definition) is 0. The minimum atomic E-state index is 0.318. The molecule has 1 aliphatic heterocycles. The summed E-state index contributed by atoms with van der Waals surface area (Å²) >= 11 is 5.92. The maximum absolute atomic E-state index is 5.92. The van der Waals surface area contributed by atoms with E-state index in [1.807, 2.05) is 0 Å². The molecule has 2 aromatic rings. The highest BCUT2D eigenvalue weighted by molar-refractivity contribution is 6.30. The van der Waals surface area contributed by atoms with E-state index >= 15 is 0 Å². The van der Waals surface area contributed by atoms with Crippen LogP contribution in [0.2, 0.25) is 5.02 Å². The fourth-order valence-corrected chi connectivity index (χ4v) is 3.26. The van der Waals surface area contributed by atoms with Crippen molar-refractivity contribution >= 4 is 11.6 Å². The van der Waals surface area contributed by atoms with Gasteiger partial charge in [0.2, 0.25) is 0 Å². The van der Waals surface area contributed by atoms with Crippen LogP contribution >= 0.6 is 11.6 Å². The molecule has 0 bridgehead atoms. The third-order valence-corrected chi connectivity index (χ3v) is 4.83. The first-order valence-corrected chi connectivity index (χ1v) is 8.48. The Morgan fingerprint density at radius 2 is 2.13 bits per heavy atom. The van der Waals surface area contributed by atoms with E-state index in [4.69, 9.17) is 16.3 Å². The van der Waals surface area contributed by atoms with Crippen molar-refractivity contribution in [2.45, 2.75) is 39.0 Å². The number of halogens is 1. The third-order valence-electron chi connectivity index (χ3n) is 4.63. The van der Waals surface area contributed by atoms with Crippen LogP contribution in [0.15, 0.2) is 18.5 Å². The molecule has 0 unspecified atom stereocenters. The molecule has 3 heterocycles. The molecule has 0 radical (unpaired) electrons. The minimum absolute atomic E-state index is 0.318. The number of pyridine rings is 1. The Morgan fingerprint density at radius 1 is 1.26 bits per heavy atom. The first-order chi connectivity index (χ1) is 11.2. The quantitative estimate of drug-likeness (QED) is 0.842. The van der Waals surface area contributed by atoms with Gasteiger partial charge in [-0.2, -0.15) is 0 Å². The average molecular weight is 334 g/mol. The van der Waals surface area contributed by atoms with Gasteiger partial charge >= 0.3 is 0 Å². The van der Waals surface area contributed by atoms with Crippen molar-refractivity contribution in [3.8, 4) is 5.75 Å². The van der Waals surface area contributed by atoms with Gasteiger partial charge in [0.1, 0.15) is 18.2 Å². The Hall–Kier alpha value is -1.66. The molecule has 1 fully saturated rings. The highest BCUT2D eigenvalue weighted by Crippen LogP contribution is 2.34. The summed E-state index contributed by atoms with van der Waals surface area (Å²) < 4.78 is 7.94. The Labute approximate surface area is 140 Å². The molecule has 0 amide bonds. The van der Waals surface area contributed by atoms with Gasteiger partial charge in [0.15, 0.2) is 5.82 Å². The van der Waals surface area contributed by atoms with Gasteiger partial charge in [-0.1, -0.05) is 11.6 Å². The van der Waals surface area contributed by atoms with E-state index in [-0.39, 0.29) is 0 Å². The Morgan fingerprint density at radius 3 is 2.91 bits per heavy atom. The normalized spacial score (nSPS) is 21.2. The van der Waals surface area contributed by atoms with Crippen LogP contribution in [-0.4, -0.2) is 37.7 Å². The van der Waals surface area contributed by atoms with Crippen LogP contribution in [0.4, 0.5) is 0 Å². The van der Waals surface area contributed by atoms with E-state index in [0.29, 0.717) is 23.4 Å². The van der Waals surface area contributed by atoms with E-state index in [9.17, 15) is 0 Å². The molecule has 0 N–H and O–H groups in total. The molecular weight excluding hydrogens is 314 g/mol. The second kappa shape index (κ2) is 6.09. The van der Waals surface area contributed by atoms with Crippen molar-refractivity contribution in [3.05, 3.63) is 35.1 Å². The lowest BCUT2D eigenvalue weighted by Gasteiger charge is -2.33. The summed E-state index contributed by atoms with van der Waals surface area (Å²) in [5.74, 6) is 3.44. The highest BCUT2D eigenvalue weighted by Gasteiger charge is 2.32. The zero-order chi connectivity index (χ0) is 15.8. The lowest BCUT2D eigenvalue weighted by molar-refractivity contribution is 0.154. The summed E-state index contributed by atoms with van der Waals surface area (Å²) in [6.45, 7) is 5.76. The number of fused-ring (bicyclic) bond motifs is 1. The van der Waals surface area contributed by atoms with Crippen LogP contribution in [-0.2, 0) is 13.2 Å². The molecule has 2 aromatic heterocycles. The van der Waals surface area contributed by atoms with Crippen molar-refractivity contribution in [1.29, 1.82) is 0 Å². The molecule has 23 heavy (non-hydrogen) atoms. The van der Waals surface area contributed by atoms with Crippen molar-refractivity contribution < 1.29 is 4.74 Å². The minimum Gasteiger partial charge on any atom is -0.484 e. The molecule has 6 nitrogen and oxygen atoms in total. The van der Waals surface area contributed by atoms with Crippen molar-refractivity contribution in [3.63, 3.8) is 0 Å². The molecule has 0 saturated heterocycles. The van der Waals surface area contributed by atoms with Gasteiger partial charge in [-0.3, -0.25) is 9.88 Å². The topological polar surface area (TPSA) is 56.1 Å². The molecular formula is C16H20ClN5O. The maximum Gasteiger partial charge on any atom is 0.171 e. The first-order valence-electron chi connectivity index (χ1n) is 8.10. The van der Waals surface area contributed by atoms with Crippen LogP contribution in [0.1, 0.15) is 37.5 Å². The lowest BCUT2D eigenvalue weighted by Crippen LogP contribution is -2.38. The molecule has 122 valence electrons. The van der Waals surface area contributed by atoms with Crippen LogP contribution < -0.4 is 4.74 Å². The predicted molar refractivity (Wildman–Crippen MR) is 86.3 cm³/mol. The average Bonchev–Trinajstić information content (AvgIpc) is 3.26. The van der Waals surface area contributed by atoms with Crippen molar-refractivity contribution in [2.75, 3.05) is 13.1 Å². The summed E-state index contributed by atoms with van der Waals surface area (Å²) in [6, 6.07) is 2.07. The van der Waals surface area contributed by atoms with Crippen molar-refractivity contribution in [2.24, 2.45) is 5.92 Å². The third kappa shape index (κ3) is 3.19. The number of ether oxygens (including phenoxy) is 1. The lowest BCUT2D eigenvalue weighted by atomic mass is 10.2. The van der Waals surface area contributed by atoms with Gasteiger partial charge in [0.05, 0.1) is 17.3 Å². The SMILES string of the molecule is C[C@H]1c2nnc(COc3cncc(Cl)c3)n2CCN1CC1CC1. The molecule has 1 aliphatic carbocycles. The number of rotatable bonds is 5. The zero-order valence-electron chi connectivity index (χ0n) is 13.2. The molecule has 0 spiro atoms. The van der Waals surface area contributed by atoms with E-state index in [1.165, 1.54) is 19.4 Å². The molecule has 2 aliphatic rings. The molecule has 1 saturated carbocycles. The Balaban J connectivity index is 1.45. The fraction of sp³-hybridized carbons (Fsp3) is 0.562. The summed E-state index contributed by atoms with van der Waals surface area (Å²) in [5, 5.41) is 9.28. The van der Waals surface area contributed by atoms with Gasteiger partial charge < -0.3 is 9.30 Å². The number of nitrogens with zero attached hydrogens (tertiary/aromatic N) is 5. The largest absolute Gasteiger partial charge is 0.484 e. The predicted octanol–water partition coefficient (Wildman–Crippen LogP) is 2.69. The highest BCUT2D eigenvalue weighted by atomic mass is 35.5. The monoisotopic (exact) mass is 333 g/mol. The number of hydrogen-bond acceptors (Lipinski definition) is 5. The van der Waals surface area contributed by atoms with Gasteiger partial charge in [0.25, 0.3) is 0 Å². The van der Waals surface area contributed by atoms with Gasteiger partial charge in [-0.05, 0) is 25.7 Å². The fourth-order valence-electron chi connectivity index (χ4n) is 3.09. The standard InChI is InChI=1S/C16H20ClN5O/c1-11-16-20-19-15(10-23-14-6-13(17)7-18-8-14)22(16)5-4-21(11)9-12-2-3-12/h6-8,11-12H,2-5,9-10H2,1H3/t11-/m0/s1. The summed E-state index contributed by atoms with van der Waals surface area (Å²) in [6.07, 6.45) is 5.99. The van der Waals surface area contributed by atoms with E-state index in [0.717, 1.165) is 30.7 Å².